The number of nitrogens with two attached hydrogens (primary N) is 1. The number of hydrogen-bond acceptors (Lipinski definition) is 3. The number of benzene rings is 2. The van der Waals surface area contributed by atoms with Crippen LogP contribution in [-0.4, -0.2) is 30.1 Å². The van der Waals surface area contributed by atoms with E-state index in [1.54, 1.807) is 0 Å². The lowest BCUT2D eigenvalue weighted by molar-refractivity contribution is 0.0368. The Hall–Kier alpha value is -1.42. The van der Waals surface area contributed by atoms with Gasteiger partial charge < -0.3 is 10.5 Å². The Morgan fingerprint density at radius 2 is 1.69 bits per heavy atom. The molecular weight excluding hydrogens is 403 g/mol. The second-order valence-electron chi connectivity index (χ2n) is 8.73. The van der Waals surface area contributed by atoms with Gasteiger partial charge in [0, 0.05) is 23.7 Å². The van der Waals surface area contributed by atoms with Gasteiger partial charge in [0.25, 0.3) is 0 Å². The summed E-state index contributed by atoms with van der Waals surface area (Å²) in [6, 6.07) is 13.1. The number of hydrogen-bond donors (Lipinski definition) is 1. The average Bonchev–Trinajstić information content (AvgIpc) is 2.92. The number of likely N-dealkylation sites (tertiary alicyclic amines) is 1. The molecule has 0 amide bonds. The van der Waals surface area contributed by atoms with Crippen molar-refractivity contribution in [3.63, 3.8) is 0 Å². The molecule has 2 aromatic carbocycles. The molecule has 3 nitrogen and oxygen atoms in total. The molecule has 5 heteroatoms. The topological polar surface area (TPSA) is 38.5 Å². The minimum Gasteiger partial charge on any atom is -0.485 e. The van der Waals surface area contributed by atoms with Crippen molar-refractivity contribution < 1.29 is 4.74 Å². The van der Waals surface area contributed by atoms with E-state index in [0.717, 1.165) is 36.6 Å². The molecule has 1 unspecified atom stereocenters. The molecule has 1 fully saturated rings. The van der Waals surface area contributed by atoms with E-state index >= 15 is 0 Å². The summed E-state index contributed by atoms with van der Waals surface area (Å²) >= 11 is 0. The van der Waals surface area contributed by atoms with Crippen LogP contribution in [-0.2, 0) is 0 Å². The molecule has 29 heavy (non-hydrogen) atoms. The van der Waals surface area contributed by atoms with Crippen molar-refractivity contribution >= 4 is 30.5 Å². The molecule has 0 radical (unpaired) electrons. The summed E-state index contributed by atoms with van der Waals surface area (Å²) in [5.74, 6) is 2.11. The van der Waals surface area contributed by atoms with Crippen molar-refractivity contribution in [2.24, 2.45) is 0 Å². The third-order valence-electron chi connectivity index (χ3n) is 7.02. The lowest BCUT2D eigenvalue weighted by atomic mass is 9.84. The SMILES string of the molecule is Cc1c(N)cc2c(c1C)O[C@](C)(CN1CCC(c3ccccc3)CC1)C2C.Cl.Cl. The maximum absolute atomic E-state index is 6.59. The van der Waals surface area contributed by atoms with Gasteiger partial charge >= 0.3 is 0 Å². The Kier molecular flexibility index (Phi) is 7.53. The highest BCUT2D eigenvalue weighted by molar-refractivity contribution is 5.85. The summed E-state index contributed by atoms with van der Waals surface area (Å²) in [4.78, 5) is 2.59. The summed E-state index contributed by atoms with van der Waals surface area (Å²) < 4.78 is 6.59. The Balaban J connectivity index is 0.00000150. The van der Waals surface area contributed by atoms with Crippen LogP contribution < -0.4 is 10.5 Å². The normalized spacial score (nSPS) is 24.2. The Labute approximate surface area is 187 Å². The fourth-order valence-corrected chi connectivity index (χ4v) is 4.82. The minimum atomic E-state index is -0.188. The van der Waals surface area contributed by atoms with E-state index in [4.69, 9.17) is 10.5 Å². The van der Waals surface area contributed by atoms with Crippen LogP contribution in [0.2, 0.25) is 0 Å². The van der Waals surface area contributed by atoms with Crippen LogP contribution in [0.5, 0.6) is 5.75 Å². The van der Waals surface area contributed by atoms with Gasteiger partial charge in [-0.25, -0.2) is 0 Å². The second kappa shape index (κ2) is 9.16. The summed E-state index contributed by atoms with van der Waals surface area (Å²) in [6.07, 6.45) is 2.46. The molecule has 2 atom stereocenters. The number of anilines is 1. The fraction of sp³-hybridized carbons (Fsp3) is 0.500. The third-order valence-corrected chi connectivity index (χ3v) is 7.02. The van der Waals surface area contributed by atoms with Gasteiger partial charge in [0.1, 0.15) is 11.4 Å². The average molecular weight is 437 g/mol. The lowest BCUT2D eigenvalue weighted by Gasteiger charge is -2.39. The monoisotopic (exact) mass is 436 g/mol. The first-order valence-corrected chi connectivity index (χ1v) is 10.2. The number of ether oxygens (including phenoxy) is 1. The molecule has 0 saturated carbocycles. The molecule has 0 spiro atoms. The van der Waals surface area contributed by atoms with Crippen LogP contribution in [0.15, 0.2) is 36.4 Å². The van der Waals surface area contributed by atoms with Gasteiger partial charge in [-0.05, 0) is 75.4 Å². The summed E-state index contributed by atoms with van der Waals surface area (Å²) in [5.41, 5.74) is 12.0. The largest absolute Gasteiger partial charge is 0.485 e. The summed E-state index contributed by atoms with van der Waals surface area (Å²) in [6.45, 7) is 12.0. The van der Waals surface area contributed by atoms with Crippen LogP contribution in [0, 0.1) is 13.8 Å². The van der Waals surface area contributed by atoms with Gasteiger partial charge in [0.2, 0.25) is 0 Å². The zero-order valence-corrected chi connectivity index (χ0v) is 19.5. The molecule has 4 rings (SSSR count). The molecule has 2 heterocycles. The molecule has 2 N–H and O–H groups in total. The molecule has 2 aromatic rings. The number of nitrogen functional groups attached to an aromatic ring is 1. The first-order valence-electron chi connectivity index (χ1n) is 10.2. The number of halogens is 2. The van der Waals surface area contributed by atoms with Crippen LogP contribution in [0.1, 0.15) is 60.8 Å². The highest BCUT2D eigenvalue weighted by Gasteiger charge is 2.44. The molecule has 1 saturated heterocycles. The maximum atomic E-state index is 6.59. The van der Waals surface area contributed by atoms with E-state index in [1.165, 1.54) is 29.5 Å². The number of piperidine rings is 1. The highest BCUT2D eigenvalue weighted by atomic mass is 35.5. The van der Waals surface area contributed by atoms with Crippen molar-refractivity contribution in [1.82, 2.24) is 4.90 Å². The Morgan fingerprint density at radius 3 is 2.31 bits per heavy atom. The Bertz CT molecular complexity index is 835. The van der Waals surface area contributed by atoms with Gasteiger partial charge in [-0.1, -0.05) is 37.3 Å². The highest BCUT2D eigenvalue weighted by Crippen LogP contribution is 2.48. The van der Waals surface area contributed by atoms with Gasteiger partial charge in [0.15, 0.2) is 0 Å². The van der Waals surface area contributed by atoms with Crippen LogP contribution in [0.3, 0.4) is 0 Å². The maximum Gasteiger partial charge on any atom is 0.127 e. The number of rotatable bonds is 3. The van der Waals surface area contributed by atoms with Crippen molar-refractivity contribution in [2.45, 2.75) is 58.0 Å². The smallest absolute Gasteiger partial charge is 0.127 e. The summed E-state index contributed by atoms with van der Waals surface area (Å²) in [5, 5.41) is 0. The van der Waals surface area contributed by atoms with Crippen molar-refractivity contribution in [3.05, 3.63) is 58.7 Å². The van der Waals surface area contributed by atoms with E-state index in [2.05, 4.69) is 69.0 Å². The van der Waals surface area contributed by atoms with Crippen molar-refractivity contribution in [1.29, 1.82) is 0 Å². The van der Waals surface area contributed by atoms with Crippen molar-refractivity contribution in [2.75, 3.05) is 25.4 Å². The minimum absolute atomic E-state index is 0. The van der Waals surface area contributed by atoms with Crippen LogP contribution in [0.25, 0.3) is 0 Å². The zero-order chi connectivity index (χ0) is 19.2. The van der Waals surface area contributed by atoms with E-state index in [0.29, 0.717) is 11.8 Å². The van der Waals surface area contributed by atoms with E-state index in [9.17, 15) is 0 Å². The van der Waals surface area contributed by atoms with Crippen LogP contribution in [0.4, 0.5) is 5.69 Å². The van der Waals surface area contributed by atoms with Gasteiger partial charge in [0.05, 0.1) is 0 Å². The van der Waals surface area contributed by atoms with Gasteiger partial charge in [-0.15, -0.1) is 24.8 Å². The van der Waals surface area contributed by atoms with Gasteiger partial charge in [-0.3, -0.25) is 4.90 Å². The number of fused-ring (bicyclic) bond motifs is 1. The standard InChI is InChI=1S/C24H32N2O.2ClH/c1-16-17(2)23-21(14-22(16)25)18(3)24(4,27-23)15-26-12-10-20(11-13-26)19-8-6-5-7-9-19;;/h5-9,14,18,20H,10-13,15,25H2,1-4H3;2*1H/t18?,24-;;/m1../s1. The zero-order valence-electron chi connectivity index (χ0n) is 17.9. The lowest BCUT2D eigenvalue weighted by Crippen LogP contribution is -2.48. The number of nitrogens with zero attached hydrogens (tertiary/aromatic N) is 1. The summed E-state index contributed by atoms with van der Waals surface area (Å²) in [7, 11) is 0. The molecule has 2 aliphatic rings. The molecule has 0 aromatic heterocycles. The third kappa shape index (κ3) is 4.38. The molecule has 160 valence electrons. The van der Waals surface area contributed by atoms with E-state index < -0.39 is 0 Å². The molecule has 0 aliphatic carbocycles. The van der Waals surface area contributed by atoms with E-state index in [-0.39, 0.29) is 30.4 Å². The van der Waals surface area contributed by atoms with Crippen LogP contribution >= 0.6 is 24.8 Å². The Morgan fingerprint density at radius 1 is 1.07 bits per heavy atom. The first kappa shape index (κ1) is 23.9. The second-order valence-corrected chi connectivity index (χ2v) is 8.73. The predicted octanol–water partition coefficient (Wildman–Crippen LogP) is 5.86. The fourth-order valence-electron chi connectivity index (χ4n) is 4.82. The van der Waals surface area contributed by atoms with E-state index in [1.807, 2.05) is 0 Å². The molecule has 0 bridgehead atoms. The predicted molar refractivity (Wildman–Crippen MR) is 127 cm³/mol. The first-order chi connectivity index (χ1) is 12.9. The van der Waals surface area contributed by atoms with Gasteiger partial charge in [-0.2, -0.15) is 0 Å². The molecular formula is C24H34Cl2N2O. The quantitative estimate of drug-likeness (QED) is 0.611. The molecule has 2 aliphatic heterocycles. The van der Waals surface area contributed by atoms with Crippen molar-refractivity contribution in [3.8, 4) is 5.75 Å².